The smallest absolute Gasteiger partial charge is 0.339 e. The topological polar surface area (TPSA) is 79.2 Å². The number of nitriles is 1. The summed E-state index contributed by atoms with van der Waals surface area (Å²) in [6.45, 7) is 5.23. The summed E-state index contributed by atoms with van der Waals surface area (Å²) in [6.07, 6.45) is -0.982. The van der Waals surface area contributed by atoms with Gasteiger partial charge in [-0.2, -0.15) is 5.26 Å². The van der Waals surface area contributed by atoms with E-state index in [0.29, 0.717) is 16.8 Å². The van der Waals surface area contributed by atoms with Crippen LogP contribution in [-0.2, 0) is 9.53 Å². The number of amides is 1. The number of rotatable bonds is 4. The number of ether oxygens (including phenoxy) is 1. The molecule has 0 radical (unpaired) electrons. The third-order valence-corrected chi connectivity index (χ3v) is 3.78. The number of anilines is 1. The number of nitrogens with zero attached hydrogens (tertiary/aromatic N) is 1. The van der Waals surface area contributed by atoms with Crippen LogP contribution >= 0.6 is 0 Å². The second-order valence-corrected chi connectivity index (χ2v) is 5.44. The third kappa shape index (κ3) is 3.79. The fraction of sp³-hybridized carbons (Fsp3) is 0.211. The van der Waals surface area contributed by atoms with Gasteiger partial charge in [0.05, 0.1) is 16.8 Å². The van der Waals surface area contributed by atoms with Gasteiger partial charge in [-0.25, -0.2) is 4.79 Å². The van der Waals surface area contributed by atoms with Crippen LogP contribution in [0, 0.1) is 25.2 Å². The van der Waals surface area contributed by atoms with Gasteiger partial charge in [0.2, 0.25) is 0 Å². The molecule has 0 saturated heterocycles. The van der Waals surface area contributed by atoms with Crippen LogP contribution in [0.4, 0.5) is 5.69 Å². The molecule has 122 valence electrons. The van der Waals surface area contributed by atoms with Crippen LogP contribution in [0.15, 0.2) is 42.5 Å². The minimum absolute atomic E-state index is 0.346. The van der Waals surface area contributed by atoms with Gasteiger partial charge in [0, 0.05) is 0 Å². The highest BCUT2D eigenvalue weighted by molar-refractivity contribution is 5.98. The predicted octanol–water partition coefficient (Wildman–Crippen LogP) is 3.36. The Morgan fingerprint density at radius 1 is 1.12 bits per heavy atom. The van der Waals surface area contributed by atoms with Gasteiger partial charge in [0.25, 0.3) is 5.91 Å². The second kappa shape index (κ2) is 7.42. The van der Waals surface area contributed by atoms with Crippen LogP contribution < -0.4 is 5.32 Å². The van der Waals surface area contributed by atoms with E-state index in [1.165, 1.54) is 6.92 Å². The molecule has 1 amide bonds. The Balaban J connectivity index is 2.08. The Kier molecular flexibility index (Phi) is 5.33. The molecule has 0 saturated carbocycles. The highest BCUT2D eigenvalue weighted by Crippen LogP contribution is 2.16. The standard InChI is InChI=1S/C19H18N2O3/c1-12-7-6-9-16(13(12)2)19(23)24-14(3)18(22)21-17-10-5-4-8-15(17)11-20/h4-10,14H,1-3H3,(H,21,22). The van der Waals surface area contributed by atoms with Gasteiger partial charge in [-0.15, -0.1) is 0 Å². The number of carbonyl (C=O) groups excluding carboxylic acids is 2. The van der Waals surface area contributed by atoms with E-state index >= 15 is 0 Å². The van der Waals surface area contributed by atoms with Crippen molar-refractivity contribution in [2.24, 2.45) is 0 Å². The first-order valence-corrected chi connectivity index (χ1v) is 7.51. The van der Waals surface area contributed by atoms with Crippen LogP contribution in [0.3, 0.4) is 0 Å². The van der Waals surface area contributed by atoms with Crippen molar-refractivity contribution >= 4 is 17.6 Å². The molecule has 0 aromatic heterocycles. The Hall–Kier alpha value is -3.13. The molecule has 1 unspecified atom stereocenters. The Bertz CT molecular complexity index is 822. The molecule has 0 aliphatic rings. The zero-order valence-electron chi connectivity index (χ0n) is 13.8. The van der Waals surface area contributed by atoms with Crippen molar-refractivity contribution in [3.05, 3.63) is 64.7 Å². The average Bonchev–Trinajstić information content (AvgIpc) is 2.57. The van der Waals surface area contributed by atoms with Crippen LogP contribution in [0.2, 0.25) is 0 Å². The molecule has 24 heavy (non-hydrogen) atoms. The van der Waals surface area contributed by atoms with E-state index < -0.39 is 18.0 Å². The molecule has 2 rings (SSSR count). The van der Waals surface area contributed by atoms with E-state index in [2.05, 4.69) is 5.32 Å². The molecule has 1 N–H and O–H groups in total. The quantitative estimate of drug-likeness (QED) is 0.875. The highest BCUT2D eigenvalue weighted by atomic mass is 16.5. The molecule has 0 fully saturated rings. The second-order valence-electron chi connectivity index (χ2n) is 5.44. The van der Waals surface area contributed by atoms with Crippen molar-refractivity contribution in [1.29, 1.82) is 5.26 Å². The molecular weight excluding hydrogens is 304 g/mol. The summed E-state index contributed by atoms with van der Waals surface area (Å²) < 4.78 is 5.25. The zero-order valence-corrected chi connectivity index (χ0v) is 13.8. The maximum atomic E-state index is 12.3. The number of esters is 1. The van der Waals surface area contributed by atoms with Crippen molar-refractivity contribution in [1.82, 2.24) is 0 Å². The fourth-order valence-corrected chi connectivity index (χ4v) is 2.17. The Morgan fingerprint density at radius 2 is 1.83 bits per heavy atom. The monoisotopic (exact) mass is 322 g/mol. The zero-order chi connectivity index (χ0) is 17.7. The van der Waals surface area contributed by atoms with Gasteiger partial charge in [-0.05, 0) is 50.1 Å². The molecule has 5 nitrogen and oxygen atoms in total. The molecule has 0 aliphatic carbocycles. The van der Waals surface area contributed by atoms with Crippen molar-refractivity contribution < 1.29 is 14.3 Å². The summed E-state index contributed by atoms with van der Waals surface area (Å²) in [5, 5.41) is 11.6. The van der Waals surface area contributed by atoms with E-state index in [1.54, 1.807) is 36.4 Å². The summed E-state index contributed by atoms with van der Waals surface area (Å²) in [4.78, 5) is 24.5. The third-order valence-electron chi connectivity index (χ3n) is 3.78. The number of para-hydroxylation sites is 1. The number of nitrogens with one attached hydrogen (secondary N) is 1. The van der Waals surface area contributed by atoms with Gasteiger partial charge < -0.3 is 10.1 Å². The van der Waals surface area contributed by atoms with Gasteiger partial charge in [0.1, 0.15) is 6.07 Å². The lowest BCUT2D eigenvalue weighted by Crippen LogP contribution is -2.30. The van der Waals surface area contributed by atoms with Crippen molar-refractivity contribution in [2.45, 2.75) is 26.9 Å². The number of aryl methyl sites for hydroxylation is 1. The van der Waals surface area contributed by atoms with E-state index in [0.717, 1.165) is 11.1 Å². The van der Waals surface area contributed by atoms with Gasteiger partial charge in [-0.3, -0.25) is 4.79 Å². The number of hydrogen-bond acceptors (Lipinski definition) is 4. The molecular formula is C19H18N2O3. The molecule has 2 aromatic carbocycles. The largest absolute Gasteiger partial charge is 0.449 e. The van der Waals surface area contributed by atoms with Crippen molar-refractivity contribution in [3.63, 3.8) is 0 Å². The Labute approximate surface area is 140 Å². The van der Waals surface area contributed by atoms with Gasteiger partial charge in [0.15, 0.2) is 6.10 Å². The van der Waals surface area contributed by atoms with Crippen LogP contribution in [-0.4, -0.2) is 18.0 Å². The summed E-state index contributed by atoms with van der Waals surface area (Å²) in [5.41, 5.74) is 2.97. The number of hydrogen-bond donors (Lipinski definition) is 1. The molecule has 1 atom stereocenters. The first-order valence-electron chi connectivity index (χ1n) is 7.51. The molecule has 0 aliphatic heterocycles. The normalized spacial score (nSPS) is 11.2. The summed E-state index contributed by atoms with van der Waals surface area (Å²) >= 11 is 0. The minimum atomic E-state index is -0.982. The summed E-state index contributed by atoms with van der Waals surface area (Å²) in [7, 11) is 0. The first kappa shape index (κ1) is 17.2. The SMILES string of the molecule is Cc1cccc(C(=O)OC(C)C(=O)Nc2ccccc2C#N)c1C. The minimum Gasteiger partial charge on any atom is -0.449 e. The molecule has 0 spiro atoms. The van der Waals surface area contributed by atoms with E-state index in [-0.39, 0.29) is 0 Å². The number of carbonyl (C=O) groups is 2. The lowest BCUT2D eigenvalue weighted by atomic mass is 10.0. The predicted molar refractivity (Wildman–Crippen MR) is 90.6 cm³/mol. The summed E-state index contributed by atoms with van der Waals surface area (Å²) in [6, 6.07) is 14.0. The fourth-order valence-electron chi connectivity index (χ4n) is 2.17. The first-order chi connectivity index (χ1) is 11.4. The lowest BCUT2D eigenvalue weighted by Gasteiger charge is -2.15. The Morgan fingerprint density at radius 3 is 2.54 bits per heavy atom. The van der Waals surface area contributed by atoms with E-state index in [1.807, 2.05) is 26.0 Å². The maximum absolute atomic E-state index is 12.3. The van der Waals surface area contributed by atoms with Crippen molar-refractivity contribution in [3.8, 4) is 6.07 Å². The average molecular weight is 322 g/mol. The lowest BCUT2D eigenvalue weighted by molar-refractivity contribution is -0.123. The van der Waals surface area contributed by atoms with E-state index in [9.17, 15) is 9.59 Å². The molecule has 0 heterocycles. The van der Waals surface area contributed by atoms with Gasteiger partial charge in [-0.1, -0.05) is 24.3 Å². The van der Waals surface area contributed by atoms with Gasteiger partial charge >= 0.3 is 5.97 Å². The summed E-state index contributed by atoms with van der Waals surface area (Å²) in [5.74, 6) is -1.04. The molecule has 0 bridgehead atoms. The highest BCUT2D eigenvalue weighted by Gasteiger charge is 2.21. The maximum Gasteiger partial charge on any atom is 0.339 e. The van der Waals surface area contributed by atoms with Crippen LogP contribution in [0.1, 0.15) is 34.0 Å². The number of benzene rings is 2. The van der Waals surface area contributed by atoms with Crippen LogP contribution in [0.25, 0.3) is 0 Å². The van der Waals surface area contributed by atoms with Crippen LogP contribution in [0.5, 0.6) is 0 Å². The molecule has 2 aromatic rings. The molecule has 5 heteroatoms. The van der Waals surface area contributed by atoms with E-state index in [4.69, 9.17) is 10.00 Å². The van der Waals surface area contributed by atoms with Crippen molar-refractivity contribution in [2.75, 3.05) is 5.32 Å².